The van der Waals surface area contributed by atoms with E-state index in [0.717, 1.165) is 17.1 Å². The summed E-state index contributed by atoms with van der Waals surface area (Å²) in [6.45, 7) is 8.51. The Labute approximate surface area is 160 Å². The van der Waals surface area contributed by atoms with Crippen molar-refractivity contribution in [3.8, 4) is 0 Å². The third-order valence-electron chi connectivity index (χ3n) is 3.75. The van der Waals surface area contributed by atoms with Crippen molar-refractivity contribution in [3.05, 3.63) is 36.2 Å². The van der Waals surface area contributed by atoms with Gasteiger partial charge in [-0.05, 0) is 38.0 Å². The summed E-state index contributed by atoms with van der Waals surface area (Å²) in [6.07, 6.45) is 2.72. The molecule has 8 heteroatoms. The van der Waals surface area contributed by atoms with Gasteiger partial charge in [-0.25, -0.2) is 4.98 Å². The number of carbonyl (C=O) groups is 3. The third-order valence-corrected chi connectivity index (χ3v) is 3.75. The summed E-state index contributed by atoms with van der Waals surface area (Å²) < 4.78 is 4.47. The van der Waals surface area contributed by atoms with Gasteiger partial charge >= 0.3 is 5.97 Å². The first-order valence-corrected chi connectivity index (χ1v) is 8.79. The van der Waals surface area contributed by atoms with Crippen LogP contribution in [0.3, 0.4) is 0 Å². The number of ether oxygens (including phenoxy) is 1. The predicted molar refractivity (Wildman–Crippen MR) is 103 cm³/mol. The lowest BCUT2D eigenvalue weighted by atomic mass is 10.2. The molecular weight excluding hydrogens is 348 g/mol. The van der Waals surface area contributed by atoms with Crippen molar-refractivity contribution in [2.24, 2.45) is 0 Å². The van der Waals surface area contributed by atoms with E-state index in [1.54, 1.807) is 6.20 Å². The molecule has 2 N–H and O–H groups in total. The van der Waals surface area contributed by atoms with Crippen LogP contribution in [0.15, 0.2) is 30.6 Å². The van der Waals surface area contributed by atoms with Crippen molar-refractivity contribution >= 4 is 23.6 Å². The summed E-state index contributed by atoms with van der Waals surface area (Å²) in [5.74, 6) is -0.158. The van der Waals surface area contributed by atoms with Crippen LogP contribution in [0, 0.1) is 6.92 Å². The maximum atomic E-state index is 11.9. The normalized spacial score (nSPS) is 10.0. The van der Waals surface area contributed by atoms with Gasteiger partial charge in [0.2, 0.25) is 11.8 Å². The number of allylic oxidation sites excluding steroid dienone is 1. The molecule has 0 unspecified atom stereocenters. The summed E-state index contributed by atoms with van der Waals surface area (Å²) >= 11 is 0. The smallest absolute Gasteiger partial charge is 0.307 e. The highest BCUT2D eigenvalue weighted by Crippen LogP contribution is 2.17. The number of hydrogen-bond donors (Lipinski definition) is 2. The summed E-state index contributed by atoms with van der Waals surface area (Å²) in [5.41, 5.74) is 1.95. The molecular formula is C19H28N4O4. The molecule has 1 aromatic heterocycles. The molecule has 8 nitrogen and oxygen atoms in total. The Balaban J connectivity index is 2.31. The summed E-state index contributed by atoms with van der Waals surface area (Å²) in [4.78, 5) is 40.7. The Kier molecular flexibility index (Phi) is 9.57. The van der Waals surface area contributed by atoms with Gasteiger partial charge in [-0.2, -0.15) is 0 Å². The molecule has 0 bridgehead atoms. The maximum Gasteiger partial charge on any atom is 0.307 e. The number of carbonyl (C=O) groups excluding carboxylic acids is 3. The molecule has 0 aromatic carbocycles. The van der Waals surface area contributed by atoms with E-state index in [4.69, 9.17) is 0 Å². The van der Waals surface area contributed by atoms with Gasteiger partial charge in [-0.3, -0.25) is 14.4 Å². The SMILES string of the molecule is C=C(C)N(CCCC(=O)NCC(=O)NCCC(=O)OC)c1cc(C)ccn1. The van der Waals surface area contributed by atoms with Crippen molar-refractivity contribution in [2.45, 2.75) is 33.1 Å². The first-order valence-electron chi connectivity index (χ1n) is 8.79. The van der Waals surface area contributed by atoms with E-state index in [1.807, 2.05) is 30.9 Å². The van der Waals surface area contributed by atoms with Crippen molar-refractivity contribution in [1.29, 1.82) is 0 Å². The van der Waals surface area contributed by atoms with Gasteiger partial charge in [0.25, 0.3) is 0 Å². The van der Waals surface area contributed by atoms with Crippen LogP contribution in [0.5, 0.6) is 0 Å². The van der Waals surface area contributed by atoms with Crippen molar-refractivity contribution in [2.75, 3.05) is 31.6 Å². The summed E-state index contributed by atoms with van der Waals surface area (Å²) in [5, 5.41) is 5.10. The molecule has 1 aromatic rings. The second-order valence-electron chi connectivity index (χ2n) is 6.13. The number of methoxy groups -OCH3 is 1. The van der Waals surface area contributed by atoms with E-state index in [9.17, 15) is 14.4 Å². The third kappa shape index (κ3) is 8.84. The van der Waals surface area contributed by atoms with Crippen LogP contribution in [-0.2, 0) is 19.1 Å². The molecule has 0 aliphatic rings. The Morgan fingerprint density at radius 1 is 1.22 bits per heavy atom. The van der Waals surface area contributed by atoms with E-state index in [1.165, 1.54) is 7.11 Å². The fraction of sp³-hybridized carbons (Fsp3) is 0.474. The molecule has 0 atom stereocenters. The van der Waals surface area contributed by atoms with Gasteiger partial charge in [0.1, 0.15) is 5.82 Å². The van der Waals surface area contributed by atoms with E-state index >= 15 is 0 Å². The number of nitrogens with one attached hydrogen (secondary N) is 2. The highest BCUT2D eigenvalue weighted by atomic mass is 16.5. The minimum Gasteiger partial charge on any atom is -0.469 e. The lowest BCUT2D eigenvalue weighted by molar-refractivity contribution is -0.140. The van der Waals surface area contributed by atoms with Crippen LogP contribution in [-0.4, -0.2) is 49.5 Å². The molecule has 0 fully saturated rings. The quantitative estimate of drug-likeness (QED) is 0.565. The Hall–Kier alpha value is -2.90. The fourth-order valence-electron chi connectivity index (χ4n) is 2.30. The zero-order valence-corrected chi connectivity index (χ0v) is 16.2. The van der Waals surface area contributed by atoms with E-state index in [2.05, 4.69) is 26.9 Å². The van der Waals surface area contributed by atoms with Crippen LogP contribution in [0.4, 0.5) is 5.82 Å². The van der Waals surface area contributed by atoms with Crippen molar-refractivity contribution in [3.63, 3.8) is 0 Å². The minimum atomic E-state index is -0.399. The second-order valence-corrected chi connectivity index (χ2v) is 6.13. The lowest BCUT2D eigenvalue weighted by Gasteiger charge is -2.23. The van der Waals surface area contributed by atoms with E-state index in [-0.39, 0.29) is 37.7 Å². The number of nitrogens with zero attached hydrogens (tertiary/aromatic N) is 2. The average molecular weight is 376 g/mol. The fourth-order valence-corrected chi connectivity index (χ4v) is 2.30. The number of esters is 1. The van der Waals surface area contributed by atoms with Gasteiger partial charge in [0.05, 0.1) is 20.1 Å². The van der Waals surface area contributed by atoms with E-state index in [0.29, 0.717) is 13.0 Å². The van der Waals surface area contributed by atoms with Gasteiger partial charge < -0.3 is 20.3 Å². The Morgan fingerprint density at radius 3 is 2.59 bits per heavy atom. The monoisotopic (exact) mass is 376 g/mol. The number of amides is 2. The summed E-state index contributed by atoms with van der Waals surface area (Å²) in [7, 11) is 1.29. The zero-order chi connectivity index (χ0) is 20.2. The van der Waals surface area contributed by atoms with Crippen LogP contribution < -0.4 is 15.5 Å². The number of aromatic nitrogens is 1. The van der Waals surface area contributed by atoms with Gasteiger partial charge in [-0.1, -0.05) is 6.58 Å². The molecule has 148 valence electrons. The number of hydrogen-bond acceptors (Lipinski definition) is 6. The van der Waals surface area contributed by atoms with Gasteiger partial charge in [0.15, 0.2) is 0 Å². The topological polar surface area (TPSA) is 101 Å². The Bertz CT molecular complexity index is 675. The molecule has 0 aliphatic carbocycles. The summed E-state index contributed by atoms with van der Waals surface area (Å²) in [6, 6.07) is 3.89. The van der Waals surface area contributed by atoms with Crippen molar-refractivity contribution < 1.29 is 19.1 Å². The van der Waals surface area contributed by atoms with Crippen molar-refractivity contribution in [1.82, 2.24) is 15.6 Å². The molecule has 2 amide bonds. The van der Waals surface area contributed by atoms with Gasteiger partial charge in [0, 0.05) is 31.4 Å². The van der Waals surface area contributed by atoms with Crippen LogP contribution >= 0.6 is 0 Å². The minimum absolute atomic E-state index is 0.0971. The maximum absolute atomic E-state index is 11.9. The average Bonchev–Trinajstić information content (AvgIpc) is 2.63. The Morgan fingerprint density at radius 2 is 1.96 bits per heavy atom. The highest BCUT2D eigenvalue weighted by Gasteiger charge is 2.11. The van der Waals surface area contributed by atoms with Gasteiger partial charge in [-0.15, -0.1) is 0 Å². The lowest BCUT2D eigenvalue weighted by Crippen LogP contribution is -2.38. The number of aryl methyl sites for hydroxylation is 1. The second kappa shape index (κ2) is 11.7. The molecule has 1 rings (SSSR count). The number of pyridine rings is 1. The van der Waals surface area contributed by atoms with Crippen LogP contribution in [0.25, 0.3) is 0 Å². The highest BCUT2D eigenvalue weighted by molar-refractivity contribution is 5.84. The molecule has 0 saturated carbocycles. The predicted octanol–water partition coefficient (Wildman–Crippen LogP) is 1.31. The zero-order valence-electron chi connectivity index (χ0n) is 16.2. The molecule has 1 heterocycles. The molecule has 0 saturated heterocycles. The molecule has 0 spiro atoms. The standard InChI is InChI=1S/C19H28N4O4/c1-14(2)23(16-12-15(3)7-9-20-16)11-5-6-17(24)22-13-18(25)21-10-8-19(26)27-4/h7,9,12H,1,5-6,8,10-11,13H2,2-4H3,(H,21,25)(H,22,24). The largest absolute Gasteiger partial charge is 0.469 e. The van der Waals surface area contributed by atoms with E-state index < -0.39 is 5.97 Å². The number of anilines is 1. The molecule has 0 aliphatic heterocycles. The van der Waals surface area contributed by atoms with Crippen LogP contribution in [0.1, 0.15) is 31.7 Å². The van der Waals surface area contributed by atoms with Crippen LogP contribution in [0.2, 0.25) is 0 Å². The number of rotatable bonds is 11. The first kappa shape index (κ1) is 22.1. The molecule has 27 heavy (non-hydrogen) atoms. The molecule has 0 radical (unpaired) electrons. The first-order chi connectivity index (χ1) is 12.8.